The second kappa shape index (κ2) is 9.54. The van der Waals surface area contributed by atoms with Crippen LogP contribution < -0.4 is 14.8 Å². The maximum absolute atomic E-state index is 12.2. The molecule has 25 heavy (non-hydrogen) atoms. The number of carbonyl (C=O) groups is 1. The van der Waals surface area contributed by atoms with E-state index < -0.39 is 0 Å². The van der Waals surface area contributed by atoms with Gasteiger partial charge in [-0.2, -0.15) is 0 Å². The molecule has 0 saturated heterocycles. The van der Waals surface area contributed by atoms with Crippen molar-refractivity contribution >= 4 is 29.1 Å². The molecule has 0 aliphatic heterocycles. The van der Waals surface area contributed by atoms with E-state index >= 15 is 0 Å². The SMILES string of the molecule is CCOc1ccc(CCNC(=O)c2cc(Cl)ccc2Cl)cc1OCC. The van der Waals surface area contributed by atoms with E-state index in [1.807, 2.05) is 32.0 Å². The Morgan fingerprint density at radius 2 is 1.72 bits per heavy atom. The summed E-state index contributed by atoms with van der Waals surface area (Å²) >= 11 is 12.0. The maximum Gasteiger partial charge on any atom is 0.252 e. The van der Waals surface area contributed by atoms with Crippen molar-refractivity contribution in [1.29, 1.82) is 0 Å². The third kappa shape index (κ3) is 5.55. The maximum atomic E-state index is 12.2. The lowest BCUT2D eigenvalue weighted by Gasteiger charge is -2.13. The highest BCUT2D eigenvalue weighted by atomic mass is 35.5. The Morgan fingerprint density at radius 3 is 2.44 bits per heavy atom. The fourth-order valence-electron chi connectivity index (χ4n) is 2.34. The molecule has 0 heterocycles. The second-order valence-electron chi connectivity index (χ2n) is 5.28. The van der Waals surface area contributed by atoms with Crippen LogP contribution in [-0.2, 0) is 6.42 Å². The third-order valence-electron chi connectivity index (χ3n) is 3.48. The van der Waals surface area contributed by atoms with Crippen LogP contribution in [0.5, 0.6) is 11.5 Å². The number of benzene rings is 2. The molecule has 0 fully saturated rings. The van der Waals surface area contributed by atoms with Crippen molar-refractivity contribution in [3.8, 4) is 11.5 Å². The molecule has 0 atom stereocenters. The Kier molecular flexibility index (Phi) is 7.41. The van der Waals surface area contributed by atoms with Crippen LogP contribution in [0.4, 0.5) is 0 Å². The van der Waals surface area contributed by atoms with Crippen molar-refractivity contribution in [3.63, 3.8) is 0 Å². The summed E-state index contributed by atoms with van der Waals surface area (Å²) in [6, 6.07) is 10.6. The van der Waals surface area contributed by atoms with Crippen molar-refractivity contribution in [2.45, 2.75) is 20.3 Å². The quantitative estimate of drug-likeness (QED) is 0.716. The Morgan fingerprint density at radius 1 is 1.00 bits per heavy atom. The monoisotopic (exact) mass is 381 g/mol. The molecule has 1 N–H and O–H groups in total. The smallest absolute Gasteiger partial charge is 0.252 e. The van der Waals surface area contributed by atoms with Gasteiger partial charge in [-0.1, -0.05) is 29.3 Å². The summed E-state index contributed by atoms with van der Waals surface area (Å²) in [7, 11) is 0. The molecule has 0 aliphatic rings. The predicted molar refractivity (Wildman–Crippen MR) is 101 cm³/mol. The standard InChI is InChI=1S/C19H21Cl2NO3/c1-3-24-17-8-5-13(11-18(17)25-4-2)9-10-22-19(23)15-12-14(20)6-7-16(15)21/h5-8,11-12H,3-4,9-10H2,1-2H3,(H,22,23). The van der Waals surface area contributed by atoms with Gasteiger partial charge in [0.15, 0.2) is 11.5 Å². The van der Waals surface area contributed by atoms with E-state index in [0.717, 1.165) is 11.3 Å². The van der Waals surface area contributed by atoms with Gasteiger partial charge in [-0.25, -0.2) is 0 Å². The van der Waals surface area contributed by atoms with Gasteiger partial charge in [0, 0.05) is 11.6 Å². The highest BCUT2D eigenvalue weighted by Gasteiger charge is 2.11. The molecule has 2 aromatic rings. The summed E-state index contributed by atoms with van der Waals surface area (Å²) in [5, 5.41) is 3.70. The van der Waals surface area contributed by atoms with Crippen LogP contribution in [0.1, 0.15) is 29.8 Å². The van der Waals surface area contributed by atoms with Crippen LogP contribution in [0.2, 0.25) is 10.0 Å². The number of hydrogen-bond donors (Lipinski definition) is 1. The lowest BCUT2D eigenvalue weighted by Crippen LogP contribution is -2.26. The first-order valence-corrected chi connectivity index (χ1v) is 8.92. The average Bonchev–Trinajstić information content (AvgIpc) is 2.59. The molecule has 0 radical (unpaired) electrons. The largest absolute Gasteiger partial charge is 0.490 e. The highest BCUT2D eigenvalue weighted by molar-refractivity contribution is 6.35. The first kappa shape index (κ1) is 19.4. The van der Waals surface area contributed by atoms with Crippen LogP contribution in [-0.4, -0.2) is 25.7 Å². The molecule has 134 valence electrons. The van der Waals surface area contributed by atoms with E-state index in [-0.39, 0.29) is 5.91 Å². The van der Waals surface area contributed by atoms with Gasteiger partial charge in [0.05, 0.1) is 23.8 Å². The van der Waals surface area contributed by atoms with Gasteiger partial charge in [0.1, 0.15) is 0 Å². The first-order chi connectivity index (χ1) is 12.0. The lowest BCUT2D eigenvalue weighted by atomic mass is 10.1. The molecule has 0 aromatic heterocycles. The molecular formula is C19H21Cl2NO3. The minimum absolute atomic E-state index is 0.247. The Balaban J connectivity index is 1.98. The number of nitrogens with one attached hydrogen (secondary N) is 1. The molecule has 1 amide bonds. The molecule has 0 spiro atoms. The van der Waals surface area contributed by atoms with E-state index in [9.17, 15) is 4.79 Å². The van der Waals surface area contributed by atoms with Crippen LogP contribution in [0.3, 0.4) is 0 Å². The molecule has 0 unspecified atom stereocenters. The second-order valence-corrected chi connectivity index (χ2v) is 6.12. The van der Waals surface area contributed by atoms with E-state index in [2.05, 4.69) is 5.32 Å². The zero-order valence-corrected chi connectivity index (χ0v) is 15.8. The van der Waals surface area contributed by atoms with Gasteiger partial charge < -0.3 is 14.8 Å². The summed E-state index contributed by atoms with van der Waals surface area (Å²) < 4.78 is 11.2. The third-order valence-corrected chi connectivity index (χ3v) is 4.04. The number of ether oxygens (including phenoxy) is 2. The Hall–Kier alpha value is -1.91. The Labute approximate surface area is 158 Å². The minimum Gasteiger partial charge on any atom is -0.490 e. The van der Waals surface area contributed by atoms with Gasteiger partial charge in [-0.3, -0.25) is 4.79 Å². The highest BCUT2D eigenvalue weighted by Crippen LogP contribution is 2.28. The van der Waals surface area contributed by atoms with Crippen molar-refractivity contribution in [2.24, 2.45) is 0 Å². The van der Waals surface area contributed by atoms with Gasteiger partial charge >= 0.3 is 0 Å². The van der Waals surface area contributed by atoms with Crippen molar-refractivity contribution in [1.82, 2.24) is 5.32 Å². The molecular weight excluding hydrogens is 361 g/mol. The van der Waals surface area contributed by atoms with Crippen LogP contribution in [0, 0.1) is 0 Å². The summed E-state index contributed by atoms with van der Waals surface area (Å²) in [6.07, 6.45) is 0.663. The van der Waals surface area contributed by atoms with Crippen molar-refractivity contribution in [2.75, 3.05) is 19.8 Å². The van der Waals surface area contributed by atoms with Gasteiger partial charge in [0.25, 0.3) is 5.91 Å². The van der Waals surface area contributed by atoms with E-state index in [1.54, 1.807) is 18.2 Å². The molecule has 6 heteroatoms. The topological polar surface area (TPSA) is 47.6 Å². The summed E-state index contributed by atoms with van der Waals surface area (Å²) in [5.41, 5.74) is 1.42. The molecule has 0 saturated carbocycles. The minimum atomic E-state index is -0.247. The molecule has 2 rings (SSSR count). The number of hydrogen-bond acceptors (Lipinski definition) is 3. The number of halogens is 2. The lowest BCUT2D eigenvalue weighted by molar-refractivity contribution is 0.0954. The molecule has 0 aliphatic carbocycles. The first-order valence-electron chi connectivity index (χ1n) is 8.17. The summed E-state index contributed by atoms with van der Waals surface area (Å²) in [5.74, 6) is 1.19. The molecule has 2 aromatic carbocycles. The number of amides is 1. The van der Waals surface area contributed by atoms with Gasteiger partial charge in [0.2, 0.25) is 0 Å². The van der Waals surface area contributed by atoms with E-state index in [1.165, 1.54) is 0 Å². The van der Waals surface area contributed by atoms with Crippen LogP contribution in [0.25, 0.3) is 0 Å². The fourth-order valence-corrected chi connectivity index (χ4v) is 2.71. The number of carbonyl (C=O) groups excluding carboxylic acids is 1. The van der Waals surface area contributed by atoms with Crippen molar-refractivity contribution < 1.29 is 14.3 Å². The van der Waals surface area contributed by atoms with Gasteiger partial charge in [-0.05, 0) is 56.2 Å². The normalized spacial score (nSPS) is 10.4. The summed E-state index contributed by atoms with van der Waals surface area (Å²) in [6.45, 7) is 5.47. The number of rotatable bonds is 8. The zero-order chi connectivity index (χ0) is 18.2. The summed E-state index contributed by atoms with van der Waals surface area (Å²) in [4.78, 5) is 12.2. The van der Waals surface area contributed by atoms with E-state index in [0.29, 0.717) is 47.5 Å². The Bertz CT molecular complexity index is 735. The predicted octanol–water partition coefficient (Wildman–Crippen LogP) is 4.76. The average molecular weight is 382 g/mol. The fraction of sp³-hybridized carbons (Fsp3) is 0.316. The molecule has 0 bridgehead atoms. The van der Waals surface area contributed by atoms with E-state index in [4.69, 9.17) is 32.7 Å². The molecule has 4 nitrogen and oxygen atoms in total. The zero-order valence-electron chi connectivity index (χ0n) is 14.3. The van der Waals surface area contributed by atoms with Crippen molar-refractivity contribution in [3.05, 3.63) is 57.6 Å². The van der Waals surface area contributed by atoms with Crippen LogP contribution >= 0.6 is 23.2 Å². The van der Waals surface area contributed by atoms with Gasteiger partial charge in [-0.15, -0.1) is 0 Å². The van der Waals surface area contributed by atoms with Crippen LogP contribution in [0.15, 0.2) is 36.4 Å².